The van der Waals surface area contributed by atoms with Crippen LogP contribution < -0.4 is 5.73 Å². The predicted octanol–water partition coefficient (Wildman–Crippen LogP) is 4.86. The van der Waals surface area contributed by atoms with Crippen LogP contribution in [0.1, 0.15) is 0 Å². The van der Waals surface area contributed by atoms with Crippen molar-refractivity contribution in [1.82, 2.24) is 9.78 Å². The average molecular weight is 407 g/mol. The molecule has 0 spiro atoms. The second-order valence-corrected chi connectivity index (χ2v) is 6.49. The summed E-state index contributed by atoms with van der Waals surface area (Å²) in [5.74, 6) is 0.653. The van der Waals surface area contributed by atoms with Gasteiger partial charge in [-0.3, -0.25) is 4.68 Å². The maximum atomic E-state index is 6.24. The normalized spacial score (nSPS) is 10.8. The van der Waals surface area contributed by atoms with Crippen molar-refractivity contribution in [2.45, 2.75) is 0 Å². The summed E-state index contributed by atoms with van der Waals surface area (Å²) in [6, 6.07) is 16.1. The number of hydrogen-bond donors (Lipinski definition) is 1. The van der Waals surface area contributed by atoms with Gasteiger partial charge in [0.15, 0.2) is 0 Å². The van der Waals surface area contributed by atoms with E-state index in [1.807, 2.05) is 55.6 Å². The molecule has 0 saturated heterocycles. The maximum absolute atomic E-state index is 6.24. The van der Waals surface area contributed by atoms with Crippen LogP contribution in [0.3, 0.4) is 0 Å². The Labute approximate surface area is 140 Å². The molecule has 2 N–H and O–H groups in total. The lowest BCUT2D eigenvalue weighted by Crippen LogP contribution is -1.98. The molecule has 0 amide bonds. The van der Waals surface area contributed by atoms with Gasteiger partial charge < -0.3 is 5.73 Å². The van der Waals surface area contributed by atoms with Gasteiger partial charge in [0.2, 0.25) is 0 Å². The topological polar surface area (TPSA) is 43.8 Å². The summed E-state index contributed by atoms with van der Waals surface area (Å²) < 4.78 is 3.76. The summed E-state index contributed by atoms with van der Waals surface area (Å²) in [5, 5.41) is 4.58. The number of nitrogens with zero attached hydrogens (tertiary/aromatic N) is 2. The molecule has 0 bridgehead atoms. The zero-order valence-corrected chi connectivity index (χ0v) is 14.5. The lowest BCUT2D eigenvalue weighted by atomic mass is 10.0. The Morgan fingerprint density at radius 3 is 2.33 bits per heavy atom. The Morgan fingerprint density at radius 1 is 1.00 bits per heavy atom. The predicted molar refractivity (Wildman–Crippen MR) is 93.9 cm³/mol. The van der Waals surface area contributed by atoms with Crippen LogP contribution in [0, 0.1) is 0 Å². The Kier molecular flexibility index (Phi) is 3.87. The van der Waals surface area contributed by atoms with Gasteiger partial charge in [-0.15, -0.1) is 0 Å². The second kappa shape index (κ2) is 5.66. The van der Waals surface area contributed by atoms with Crippen LogP contribution in [-0.2, 0) is 7.05 Å². The first-order valence-electron chi connectivity index (χ1n) is 6.41. The standard InChI is InChI=1S/C16H13Br2N3/c1-21-16(19)14(12-4-2-3-5-13(12)18)15(20-21)10-6-8-11(17)9-7-10/h2-9H,19H2,1H3. The van der Waals surface area contributed by atoms with Crippen LogP contribution in [-0.4, -0.2) is 9.78 Å². The van der Waals surface area contributed by atoms with E-state index in [-0.39, 0.29) is 0 Å². The molecule has 1 heterocycles. The highest BCUT2D eigenvalue weighted by Gasteiger charge is 2.18. The van der Waals surface area contributed by atoms with E-state index in [1.54, 1.807) is 4.68 Å². The minimum Gasteiger partial charge on any atom is -0.383 e. The first-order chi connectivity index (χ1) is 10.1. The van der Waals surface area contributed by atoms with E-state index in [9.17, 15) is 0 Å². The fourth-order valence-corrected chi connectivity index (χ4v) is 3.02. The van der Waals surface area contributed by atoms with E-state index in [0.29, 0.717) is 5.82 Å². The third-order valence-corrected chi connectivity index (χ3v) is 4.57. The van der Waals surface area contributed by atoms with Crippen molar-refractivity contribution in [2.75, 3.05) is 5.73 Å². The van der Waals surface area contributed by atoms with E-state index in [1.165, 1.54) is 0 Å². The molecule has 0 radical (unpaired) electrons. The molecule has 1 aromatic heterocycles. The number of rotatable bonds is 2. The summed E-state index contributed by atoms with van der Waals surface area (Å²) in [5.41, 5.74) is 10.2. The van der Waals surface area contributed by atoms with E-state index >= 15 is 0 Å². The highest BCUT2D eigenvalue weighted by molar-refractivity contribution is 9.10. The van der Waals surface area contributed by atoms with Crippen molar-refractivity contribution >= 4 is 37.7 Å². The molecule has 0 aliphatic heterocycles. The Bertz CT molecular complexity index is 792. The van der Waals surface area contributed by atoms with E-state index in [4.69, 9.17) is 5.73 Å². The van der Waals surface area contributed by atoms with Gasteiger partial charge >= 0.3 is 0 Å². The molecule has 0 aliphatic rings. The molecule has 2 aromatic carbocycles. The molecule has 21 heavy (non-hydrogen) atoms. The fraction of sp³-hybridized carbons (Fsp3) is 0.0625. The molecule has 0 saturated carbocycles. The van der Waals surface area contributed by atoms with Crippen molar-refractivity contribution in [3.63, 3.8) is 0 Å². The van der Waals surface area contributed by atoms with Crippen LogP contribution in [0.5, 0.6) is 0 Å². The molecule has 5 heteroatoms. The Balaban J connectivity index is 2.26. The number of nitrogen functional groups attached to an aromatic ring is 1. The number of halogens is 2. The minimum absolute atomic E-state index is 0.653. The van der Waals surface area contributed by atoms with Gasteiger partial charge in [0.1, 0.15) is 11.5 Å². The average Bonchev–Trinajstić information content (AvgIpc) is 2.77. The number of hydrogen-bond acceptors (Lipinski definition) is 2. The van der Waals surface area contributed by atoms with Crippen LogP contribution in [0.2, 0.25) is 0 Å². The van der Waals surface area contributed by atoms with E-state index < -0.39 is 0 Å². The van der Waals surface area contributed by atoms with Crippen molar-refractivity contribution in [3.05, 3.63) is 57.5 Å². The molecule has 3 aromatic rings. The van der Waals surface area contributed by atoms with Crippen molar-refractivity contribution in [3.8, 4) is 22.4 Å². The number of anilines is 1. The SMILES string of the molecule is Cn1nc(-c2ccc(Br)cc2)c(-c2ccccc2Br)c1N. The van der Waals surface area contributed by atoms with Crippen molar-refractivity contribution < 1.29 is 0 Å². The van der Waals surface area contributed by atoms with Crippen molar-refractivity contribution in [2.24, 2.45) is 7.05 Å². The van der Waals surface area contributed by atoms with Gasteiger partial charge in [-0.25, -0.2) is 0 Å². The maximum Gasteiger partial charge on any atom is 0.129 e. The molecule has 0 atom stereocenters. The highest BCUT2D eigenvalue weighted by Crippen LogP contribution is 2.39. The van der Waals surface area contributed by atoms with E-state index in [2.05, 4.69) is 37.0 Å². The molecule has 3 nitrogen and oxygen atoms in total. The summed E-state index contributed by atoms with van der Waals surface area (Å²) in [4.78, 5) is 0. The summed E-state index contributed by atoms with van der Waals surface area (Å²) in [6.45, 7) is 0. The third kappa shape index (κ3) is 2.63. The quantitative estimate of drug-likeness (QED) is 0.660. The zero-order valence-electron chi connectivity index (χ0n) is 11.3. The van der Waals surface area contributed by atoms with Crippen LogP contribution in [0.4, 0.5) is 5.82 Å². The van der Waals surface area contributed by atoms with Crippen LogP contribution >= 0.6 is 31.9 Å². The van der Waals surface area contributed by atoms with Gasteiger partial charge in [-0.1, -0.05) is 62.2 Å². The molecule has 0 unspecified atom stereocenters. The Morgan fingerprint density at radius 2 is 1.67 bits per heavy atom. The fourth-order valence-electron chi connectivity index (χ4n) is 2.28. The second-order valence-electron chi connectivity index (χ2n) is 4.72. The van der Waals surface area contributed by atoms with Gasteiger partial charge in [-0.2, -0.15) is 5.10 Å². The summed E-state index contributed by atoms with van der Waals surface area (Å²) in [6.07, 6.45) is 0. The molecule has 0 fully saturated rings. The monoisotopic (exact) mass is 405 g/mol. The summed E-state index contributed by atoms with van der Waals surface area (Å²) in [7, 11) is 1.86. The molecular weight excluding hydrogens is 394 g/mol. The third-order valence-electron chi connectivity index (χ3n) is 3.35. The first-order valence-corrected chi connectivity index (χ1v) is 8.00. The van der Waals surface area contributed by atoms with Gasteiger partial charge in [-0.05, 0) is 18.2 Å². The zero-order chi connectivity index (χ0) is 15.0. The number of benzene rings is 2. The van der Waals surface area contributed by atoms with Gasteiger partial charge in [0, 0.05) is 27.1 Å². The highest BCUT2D eigenvalue weighted by atomic mass is 79.9. The van der Waals surface area contributed by atoms with Crippen molar-refractivity contribution in [1.29, 1.82) is 0 Å². The molecule has 0 aliphatic carbocycles. The van der Waals surface area contributed by atoms with Crippen LogP contribution in [0.15, 0.2) is 57.5 Å². The summed E-state index contributed by atoms with van der Waals surface area (Å²) >= 11 is 7.05. The Hall–Kier alpha value is -1.59. The molecular formula is C16H13Br2N3. The molecule has 3 rings (SSSR count). The number of aryl methyl sites for hydroxylation is 1. The van der Waals surface area contributed by atoms with Crippen LogP contribution in [0.25, 0.3) is 22.4 Å². The molecule has 106 valence electrons. The van der Waals surface area contributed by atoms with E-state index in [0.717, 1.165) is 31.3 Å². The first kappa shape index (κ1) is 14.4. The lowest BCUT2D eigenvalue weighted by molar-refractivity contribution is 0.782. The lowest BCUT2D eigenvalue weighted by Gasteiger charge is -2.07. The largest absolute Gasteiger partial charge is 0.383 e. The minimum atomic E-state index is 0.653. The number of nitrogens with two attached hydrogens (primary N) is 1. The van der Waals surface area contributed by atoms with Gasteiger partial charge in [0.25, 0.3) is 0 Å². The number of aromatic nitrogens is 2. The smallest absolute Gasteiger partial charge is 0.129 e. The van der Waals surface area contributed by atoms with Gasteiger partial charge in [0.05, 0.1) is 5.56 Å².